The Morgan fingerprint density at radius 3 is 2.64 bits per heavy atom. The number of hydrazone groups is 1. The van der Waals surface area contributed by atoms with Crippen molar-refractivity contribution in [1.29, 1.82) is 0 Å². The number of amides is 2. The third kappa shape index (κ3) is 6.25. The van der Waals surface area contributed by atoms with E-state index < -0.39 is 16.7 Å². The fraction of sp³-hybridized carbons (Fsp3) is 0. The number of hydrogen-bond acceptors (Lipinski definition) is 7. The predicted octanol–water partition coefficient (Wildman–Crippen LogP) is 4.70. The van der Waals surface area contributed by atoms with Gasteiger partial charge in [-0.25, -0.2) is 5.43 Å². The van der Waals surface area contributed by atoms with Crippen molar-refractivity contribution in [3.8, 4) is 5.75 Å². The molecule has 1 heterocycles. The molecule has 12 heteroatoms. The van der Waals surface area contributed by atoms with Crippen LogP contribution in [0.2, 0.25) is 5.02 Å². The van der Waals surface area contributed by atoms with E-state index in [0.29, 0.717) is 4.88 Å². The number of nitro groups is 1. The Kier molecular flexibility index (Phi) is 7.93. The molecule has 0 aliphatic heterocycles. The maximum atomic E-state index is 12.7. The van der Waals surface area contributed by atoms with Gasteiger partial charge in [0.25, 0.3) is 17.5 Å². The predicted molar refractivity (Wildman–Crippen MR) is 129 cm³/mol. The van der Waals surface area contributed by atoms with Gasteiger partial charge in [0.2, 0.25) is 0 Å². The molecule has 33 heavy (non-hydrogen) atoms. The first-order valence-electron chi connectivity index (χ1n) is 9.07. The molecule has 0 fully saturated rings. The van der Waals surface area contributed by atoms with Crippen molar-refractivity contribution in [1.82, 2.24) is 10.7 Å². The van der Waals surface area contributed by atoms with Gasteiger partial charge in [-0.05, 0) is 45.6 Å². The molecule has 3 rings (SSSR count). The van der Waals surface area contributed by atoms with Gasteiger partial charge >= 0.3 is 0 Å². The quantitative estimate of drug-likeness (QED) is 0.170. The summed E-state index contributed by atoms with van der Waals surface area (Å²) in [6.07, 6.45) is 2.51. The number of carbonyl (C=O) groups excluding carboxylic acids is 2. The highest BCUT2D eigenvalue weighted by Gasteiger charge is 2.17. The summed E-state index contributed by atoms with van der Waals surface area (Å²) in [5.74, 6) is -1.65. The zero-order chi connectivity index (χ0) is 24.0. The normalized spacial score (nSPS) is 11.4. The molecule has 3 aromatic rings. The Bertz CT molecular complexity index is 1280. The maximum Gasteiger partial charge on any atom is 0.287 e. The van der Waals surface area contributed by atoms with Gasteiger partial charge in [-0.2, -0.15) is 5.10 Å². The van der Waals surface area contributed by atoms with Crippen molar-refractivity contribution in [2.45, 2.75) is 0 Å². The lowest BCUT2D eigenvalue weighted by Crippen LogP contribution is -2.33. The van der Waals surface area contributed by atoms with Crippen LogP contribution < -0.4 is 10.7 Å². The molecule has 0 bridgehead atoms. The summed E-state index contributed by atoms with van der Waals surface area (Å²) in [6.45, 7) is 0. The lowest BCUT2D eigenvalue weighted by molar-refractivity contribution is -0.385. The number of hydrogen-bond donors (Lipinski definition) is 3. The molecule has 3 N–H and O–H groups in total. The van der Waals surface area contributed by atoms with Crippen molar-refractivity contribution in [3.63, 3.8) is 0 Å². The highest BCUT2D eigenvalue weighted by Crippen LogP contribution is 2.31. The molecule has 0 atom stereocenters. The summed E-state index contributed by atoms with van der Waals surface area (Å²) in [5, 5.41) is 29.4. The molecule has 0 radical (unpaired) electrons. The third-order valence-electron chi connectivity index (χ3n) is 4.10. The van der Waals surface area contributed by atoms with E-state index in [0.717, 1.165) is 18.3 Å². The highest BCUT2D eigenvalue weighted by atomic mass is 79.9. The molecule has 2 aromatic carbocycles. The van der Waals surface area contributed by atoms with Gasteiger partial charge in [-0.3, -0.25) is 19.7 Å². The standard InChI is InChI=1S/C21H14BrClN4O5S/c22-16-9-13(27(31)32)8-12(19(16)28)11-24-26-21(30)18(10-14-4-3-7-33-14)25-20(29)15-5-1-2-6-17(15)23/h1-11,28H,(H,25,29)(H,26,30). The summed E-state index contributed by atoms with van der Waals surface area (Å²) in [5.41, 5.74) is 2.03. The van der Waals surface area contributed by atoms with Crippen LogP contribution in [0.25, 0.3) is 6.08 Å². The zero-order valence-electron chi connectivity index (χ0n) is 16.5. The molecule has 0 saturated carbocycles. The SMILES string of the molecule is O=C(NN=Cc1cc([N+](=O)[O-])cc(Br)c1O)C(=Cc1cccs1)NC(=O)c1ccccc1Cl. The largest absolute Gasteiger partial charge is 0.506 e. The number of benzene rings is 2. The zero-order valence-corrected chi connectivity index (χ0v) is 19.6. The minimum Gasteiger partial charge on any atom is -0.506 e. The second-order valence-electron chi connectivity index (χ2n) is 6.33. The minimum absolute atomic E-state index is 0.000245. The Hall–Kier alpha value is -3.54. The first kappa shape index (κ1) is 24.1. The van der Waals surface area contributed by atoms with E-state index in [4.69, 9.17) is 11.6 Å². The minimum atomic E-state index is -0.760. The number of nitrogens with zero attached hydrogens (tertiary/aromatic N) is 2. The summed E-state index contributed by atoms with van der Waals surface area (Å²) in [4.78, 5) is 36.4. The molecule has 1 aromatic heterocycles. The third-order valence-corrected chi connectivity index (χ3v) is 5.85. The molecule has 0 saturated heterocycles. The number of thiophene rings is 1. The molecule has 0 aliphatic carbocycles. The second-order valence-corrected chi connectivity index (χ2v) is 8.57. The summed E-state index contributed by atoms with van der Waals surface area (Å²) < 4.78 is 0.0924. The van der Waals surface area contributed by atoms with Crippen molar-refractivity contribution < 1.29 is 19.6 Å². The van der Waals surface area contributed by atoms with Gasteiger partial charge in [0.05, 0.1) is 26.2 Å². The van der Waals surface area contributed by atoms with E-state index >= 15 is 0 Å². The molecular formula is C21H14BrClN4O5S. The van der Waals surface area contributed by atoms with Crippen molar-refractivity contribution in [2.24, 2.45) is 5.10 Å². The molecule has 0 aliphatic rings. The molecule has 0 unspecified atom stereocenters. The van der Waals surface area contributed by atoms with Crippen molar-refractivity contribution >= 4 is 68.7 Å². The van der Waals surface area contributed by atoms with Crippen LogP contribution in [0.5, 0.6) is 5.75 Å². The van der Waals surface area contributed by atoms with Gasteiger partial charge in [0, 0.05) is 22.6 Å². The van der Waals surface area contributed by atoms with E-state index in [9.17, 15) is 24.8 Å². The maximum absolute atomic E-state index is 12.7. The fourth-order valence-corrected chi connectivity index (χ4v) is 3.88. The number of non-ortho nitro benzene ring substituents is 1. The van der Waals surface area contributed by atoms with Crippen LogP contribution in [0, 0.1) is 10.1 Å². The van der Waals surface area contributed by atoms with Crippen LogP contribution in [0.3, 0.4) is 0 Å². The Balaban J connectivity index is 1.82. The molecule has 9 nitrogen and oxygen atoms in total. The van der Waals surface area contributed by atoms with Crippen LogP contribution in [0.4, 0.5) is 5.69 Å². The number of nitro benzene ring substituents is 1. The van der Waals surface area contributed by atoms with Gasteiger partial charge < -0.3 is 10.4 Å². The summed E-state index contributed by atoms with van der Waals surface area (Å²) >= 11 is 10.4. The van der Waals surface area contributed by atoms with E-state index in [-0.39, 0.29) is 37.8 Å². The Morgan fingerprint density at radius 2 is 1.97 bits per heavy atom. The lowest BCUT2D eigenvalue weighted by Gasteiger charge is -2.09. The number of halogens is 2. The van der Waals surface area contributed by atoms with Crippen LogP contribution in [0.1, 0.15) is 20.8 Å². The summed E-state index contributed by atoms with van der Waals surface area (Å²) in [7, 11) is 0. The number of carbonyl (C=O) groups is 2. The topological polar surface area (TPSA) is 134 Å². The number of rotatable bonds is 7. The van der Waals surface area contributed by atoms with Crippen LogP contribution in [0.15, 0.2) is 69.2 Å². The monoisotopic (exact) mass is 548 g/mol. The van der Waals surface area contributed by atoms with Gasteiger partial charge in [-0.15, -0.1) is 11.3 Å². The fourth-order valence-electron chi connectivity index (χ4n) is 2.54. The first-order valence-corrected chi connectivity index (χ1v) is 11.1. The number of nitrogens with one attached hydrogen (secondary N) is 2. The lowest BCUT2D eigenvalue weighted by atomic mass is 10.2. The van der Waals surface area contributed by atoms with E-state index in [1.165, 1.54) is 23.5 Å². The van der Waals surface area contributed by atoms with E-state index in [1.54, 1.807) is 35.7 Å². The Labute approximate surface area is 204 Å². The van der Waals surface area contributed by atoms with Gasteiger partial charge in [-0.1, -0.05) is 29.8 Å². The molecule has 2 amide bonds. The first-order chi connectivity index (χ1) is 15.8. The van der Waals surface area contributed by atoms with E-state index in [2.05, 4.69) is 31.8 Å². The van der Waals surface area contributed by atoms with Crippen LogP contribution >= 0.6 is 38.9 Å². The number of phenolic OH excluding ortho intramolecular Hbond substituents is 1. The average Bonchev–Trinajstić information content (AvgIpc) is 3.29. The summed E-state index contributed by atoms with van der Waals surface area (Å²) in [6, 6.07) is 12.1. The van der Waals surface area contributed by atoms with Crippen LogP contribution in [-0.2, 0) is 4.79 Å². The van der Waals surface area contributed by atoms with Crippen molar-refractivity contribution in [3.05, 3.63) is 95.2 Å². The Morgan fingerprint density at radius 1 is 1.21 bits per heavy atom. The van der Waals surface area contributed by atoms with E-state index in [1.807, 2.05) is 0 Å². The van der Waals surface area contributed by atoms with Gasteiger partial charge in [0.1, 0.15) is 11.4 Å². The smallest absolute Gasteiger partial charge is 0.287 e. The van der Waals surface area contributed by atoms with Crippen molar-refractivity contribution in [2.75, 3.05) is 0 Å². The number of phenols is 1. The van der Waals surface area contributed by atoms with Gasteiger partial charge in [0.15, 0.2) is 0 Å². The average molecular weight is 550 g/mol. The highest BCUT2D eigenvalue weighted by molar-refractivity contribution is 9.10. The molecule has 168 valence electrons. The molecular weight excluding hydrogens is 536 g/mol. The molecule has 0 spiro atoms. The second kappa shape index (κ2) is 10.9. The number of aromatic hydroxyl groups is 1. The van der Waals surface area contributed by atoms with Crippen LogP contribution in [-0.4, -0.2) is 28.1 Å².